The molecule has 0 fully saturated rings. The number of carbonyl (C=O) groups is 2. The molecule has 0 saturated heterocycles. The van der Waals surface area contributed by atoms with Gasteiger partial charge in [-0.2, -0.15) is 5.10 Å². The van der Waals surface area contributed by atoms with E-state index in [1.165, 1.54) is 10.9 Å². The Morgan fingerprint density at radius 2 is 1.93 bits per heavy atom. The molecule has 2 N–H and O–H groups in total. The molecule has 0 aliphatic carbocycles. The summed E-state index contributed by atoms with van der Waals surface area (Å²) < 4.78 is 6.55. The van der Waals surface area contributed by atoms with Crippen molar-refractivity contribution in [3.8, 4) is 5.75 Å². The van der Waals surface area contributed by atoms with Gasteiger partial charge in [0, 0.05) is 23.6 Å². The molecule has 8 nitrogen and oxygen atoms in total. The molecule has 0 bridgehead atoms. The number of thioether (sulfide) groups is 1. The van der Waals surface area contributed by atoms with E-state index in [2.05, 4.69) is 20.7 Å². The Kier molecular flexibility index (Phi) is 6.85. The molecule has 0 radical (unpaired) electrons. The summed E-state index contributed by atoms with van der Waals surface area (Å²) in [7, 11) is 1.58. The molecule has 2 heterocycles. The molecule has 9 heteroatoms. The maximum atomic E-state index is 12.4. The summed E-state index contributed by atoms with van der Waals surface area (Å²) in [5, 5.41) is 10.5. The lowest BCUT2D eigenvalue weighted by Crippen LogP contribution is -2.19. The van der Waals surface area contributed by atoms with Crippen LogP contribution in [0.25, 0.3) is 0 Å². The number of hydrogen-bond donors (Lipinski definition) is 2. The number of carbonyl (C=O) groups excluding carboxylic acids is 2. The highest BCUT2D eigenvalue weighted by atomic mass is 32.2. The molecule has 0 saturated carbocycles. The van der Waals surface area contributed by atoms with Crippen LogP contribution in [-0.2, 0) is 11.3 Å². The SMILES string of the molecule is CCSc1cc(C(=O)Nc2cnn(CC(=O)Nc3ccc(OC)cc3)c2)ccn1. The summed E-state index contributed by atoms with van der Waals surface area (Å²) in [5.74, 6) is 1.10. The quantitative estimate of drug-likeness (QED) is 0.552. The molecule has 0 aliphatic rings. The maximum absolute atomic E-state index is 12.4. The van der Waals surface area contributed by atoms with E-state index in [0.717, 1.165) is 10.8 Å². The second-order valence-electron chi connectivity index (χ2n) is 5.97. The van der Waals surface area contributed by atoms with Crippen molar-refractivity contribution >= 4 is 35.0 Å². The highest BCUT2D eigenvalue weighted by molar-refractivity contribution is 7.99. The zero-order valence-corrected chi connectivity index (χ0v) is 16.9. The second kappa shape index (κ2) is 9.74. The Balaban J connectivity index is 1.56. The summed E-state index contributed by atoms with van der Waals surface area (Å²) in [6.07, 6.45) is 4.72. The van der Waals surface area contributed by atoms with Crippen LogP contribution in [0.5, 0.6) is 5.75 Å². The van der Waals surface area contributed by atoms with E-state index >= 15 is 0 Å². The van der Waals surface area contributed by atoms with Crippen molar-refractivity contribution < 1.29 is 14.3 Å². The minimum absolute atomic E-state index is 0.0223. The Morgan fingerprint density at radius 3 is 2.66 bits per heavy atom. The van der Waals surface area contributed by atoms with Crippen molar-refractivity contribution in [2.24, 2.45) is 0 Å². The zero-order chi connectivity index (χ0) is 20.6. The molecule has 0 aliphatic heterocycles. The van der Waals surface area contributed by atoms with Gasteiger partial charge in [-0.05, 0) is 42.2 Å². The monoisotopic (exact) mass is 411 g/mol. The van der Waals surface area contributed by atoms with Gasteiger partial charge in [-0.3, -0.25) is 14.3 Å². The van der Waals surface area contributed by atoms with Gasteiger partial charge in [-0.25, -0.2) is 4.98 Å². The van der Waals surface area contributed by atoms with E-state index in [-0.39, 0.29) is 18.4 Å². The molecule has 0 unspecified atom stereocenters. The van der Waals surface area contributed by atoms with Crippen LogP contribution in [0, 0.1) is 0 Å². The summed E-state index contributed by atoms with van der Waals surface area (Å²) in [4.78, 5) is 28.8. The lowest BCUT2D eigenvalue weighted by molar-refractivity contribution is -0.116. The van der Waals surface area contributed by atoms with Crippen LogP contribution in [0.4, 0.5) is 11.4 Å². The number of nitrogens with one attached hydrogen (secondary N) is 2. The zero-order valence-electron chi connectivity index (χ0n) is 16.1. The first-order valence-corrected chi connectivity index (χ1v) is 9.92. The van der Waals surface area contributed by atoms with Gasteiger partial charge in [0.2, 0.25) is 5.91 Å². The van der Waals surface area contributed by atoms with Gasteiger partial charge in [0.15, 0.2) is 0 Å². The number of methoxy groups -OCH3 is 1. The second-order valence-corrected chi connectivity index (χ2v) is 7.26. The number of anilines is 2. The number of benzene rings is 1. The first-order valence-electron chi connectivity index (χ1n) is 8.94. The van der Waals surface area contributed by atoms with Crippen molar-refractivity contribution in [1.82, 2.24) is 14.8 Å². The fourth-order valence-electron chi connectivity index (χ4n) is 2.52. The normalized spacial score (nSPS) is 10.4. The Bertz CT molecular complexity index is 988. The fourth-order valence-corrected chi connectivity index (χ4v) is 3.16. The van der Waals surface area contributed by atoms with Crippen LogP contribution < -0.4 is 15.4 Å². The van der Waals surface area contributed by atoms with Crippen LogP contribution >= 0.6 is 11.8 Å². The summed E-state index contributed by atoms with van der Waals surface area (Å²) in [6.45, 7) is 2.05. The van der Waals surface area contributed by atoms with Crippen LogP contribution in [0.1, 0.15) is 17.3 Å². The Hall–Kier alpha value is -3.33. The standard InChI is InChI=1S/C20H21N5O3S/c1-3-29-19-10-14(8-9-21-19)20(27)24-16-11-22-25(12-16)13-18(26)23-15-4-6-17(28-2)7-5-15/h4-12H,3,13H2,1-2H3,(H,23,26)(H,24,27). The fraction of sp³-hybridized carbons (Fsp3) is 0.200. The van der Waals surface area contributed by atoms with Crippen molar-refractivity contribution in [3.63, 3.8) is 0 Å². The van der Waals surface area contributed by atoms with Crippen molar-refractivity contribution in [3.05, 3.63) is 60.6 Å². The molecule has 150 valence electrons. The average molecular weight is 411 g/mol. The average Bonchev–Trinajstić information content (AvgIpc) is 3.15. The van der Waals surface area contributed by atoms with Crippen LogP contribution in [0.3, 0.4) is 0 Å². The smallest absolute Gasteiger partial charge is 0.255 e. The van der Waals surface area contributed by atoms with Crippen molar-refractivity contribution in [2.45, 2.75) is 18.5 Å². The predicted molar refractivity (Wildman–Crippen MR) is 112 cm³/mol. The van der Waals surface area contributed by atoms with Crippen LogP contribution in [-0.4, -0.2) is 39.4 Å². The maximum Gasteiger partial charge on any atom is 0.255 e. The lowest BCUT2D eigenvalue weighted by atomic mass is 10.2. The van der Waals surface area contributed by atoms with E-state index in [1.807, 2.05) is 6.92 Å². The first kappa shape index (κ1) is 20.4. The summed E-state index contributed by atoms with van der Waals surface area (Å²) in [6, 6.07) is 10.4. The number of ether oxygens (including phenoxy) is 1. The molecule has 2 amide bonds. The Morgan fingerprint density at radius 1 is 1.14 bits per heavy atom. The Labute approximate surface area is 172 Å². The van der Waals surface area contributed by atoms with E-state index in [9.17, 15) is 9.59 Å². The van der Waals surface area contributed by atoms with Gasteiger partial charge in [0.1, 0.15) is 12.3 Å². The van der Waals surface area contributed by atoms with Gasteiger partial charge < -0.3 is 15.4 Å². The van der Waals surface area contributed by atoms with E-state index in [1.54, 1.807) is 67.7 Å². The van der Waals surface area contributed by atoms with Gasteiger partial charge in [0.25, 0.3) is 5.91 Å². The van der Waals surface area contributed by atoms with Crippen LogP contribution in [0.2, 0.25) is 0 Å². The number of amides is 2. The van der Waals surface area contributed by atoms with E-state index in [4.69, 9.17) is 4.74 Å². The number of nitrogens with zero attached hydrogens (tertiary/aromatic N) is 3. The highest BCUT2D eigenvalue weighted by Crippen LogP contribution is 2.17. The molecule has 0 atom stereocenters. The topological polar surface area (TPSA) is 98.1 Å². The minimum Gasteiger partial charge on any atom is -0.497 e. The number of rotatable bonds is 8. The molecule has 0 spiro atoms. The lowest BCUT2D eigenvalue weighted by Gasteiger charge is -2.06. The first-order chi connectivity index (χ1) is 14.1. The third kappa shape index (κ3) is 5.82. The molecular weight excluding hydrogens is 390 g/mol. The van der Waals surface area contributed by atoms with E-state index < -0.39 is 0 Å². The molecule has 1 aromatic carbocycles. The number of hydrogen-bond acceptors (Lipinski definition) is 6. The van der Waals surface area contributed by atoms with Crippen molar-refractivity contribution in [2.75, 3.05) is 23.5 Å². The van der Waals surface area contributed by atoms with Crippen molar-refractivity contribution in [1.29, 1.82) is 0 Å². The third-order valence-corrected chi connectivity index (χ3v) is 4.67. The molecular formula is C20H21N5O3S. The molecule has 3 rings (SSSR count). The summed E-state index contributed by atoms with van der Waals surface area (Å²) >= 11 is 1.57. The summed E-state index contributed by atoms with van der Waals surface area (Å²) in [5.41, 5.74) is 1.68. The highest BCUT2D eigenvalue weighted by Gasteiger charge is 2.10. The largest absolute Gasteiger partial charge is 0.497 e. The van der Waals surface area contributed by atoms with Gasteiger partial charge in [-0.1, -0.05) is 6.92 Å². The number of pyridine rings is 1. The molecule has 29 heavy (non-hydrogen) atoms. The molecule has 2 aromatic heterocycles. The third-order valence-electron chi connectivity index (χ3n) is 3.86. The van der Waals surface area contributed by atoms with Gasteiger partial charge in [0.05, 0.1) is 24.0 Å². The van der Waals surface area contributed by atoms with Gasteiger partial charge >= 0.3 is 0 Å². The number of aromatic nitrogens is 3. The van der Waals surface area contributed by atoms with Gasteiger partial charge in [-0.15, -0.1) is 11.8 Å². The molecule has 3 aromatic rings. The van der Waals surface area contributed by atoms with E-state index in [0.29, 0.717) is 22.7 Å². The minimum atomic E-state index is -0.257. The predicted octanol–water partition coefficient (Wildman–Crippen LogP) is 3.29. The van der Waals surface area contributed by atoms with Crippen LogP contribution in [0.15, 0.2) is 60.0 Å².